The molecule has 0 aliphatic heterocycles. The number of hydrogen-bond acceptors (Lipinski definition) is 4. The summed E-state index contributed by atoms with van der Waals surface area (Å²) in [4.78, 5) is 3.96. The van der Waals surface area contributed by atoms with Crippen LogP contribution in [0.3, 0.4) is 0 Å². The Morgan fingerprint density at radius 1 is 1.37 bits per heavy atom. The predicted molar refractivity (Wildman–Crippen MR) is 71.5 cm³/mol. The molecule has 1 aromatic carbocycles. The second-order valence-electron chi connectivity index (χ2n) is 3.53. The number of rotatable bonds is 3. The summed E-state index contributed by atoms with van der Waals surface area (Å²) < 4.78 is 1.75. The Bertz CT molecular complexity index is 673. The number of hydrogen-bond donors (Lipinski definition) is 1. The summed E-state index contributed by atoms with van der Waals surface area (Å²) in [7, 11) is 0. The van der Waals surface area contributed by atoms with E-state index in [4.69, 9.17) is 22.1 Å². The third kappa shape index (κ3) is 2.74. The summed E-state index contributed by atoms with van der Waals surface area (Å²) in [5, 5.41) is 20.8. The first-order chi connectivity index (χ1) is 9.26. The van der Waals surface area contributed by atoms with Gasteiger partial charge in [0.25, 0.3) is 0 Å². The second kappa shape index (κ2) is 5.72. The number of nitrogens with zero attached hydrogens (tertiary/aromatic N) is 4. The Balaban J connectivity index is 2.43. The summed E-state index contributed by atoms with van der Waals surface area (Å²) in [6.07, 6.45) is 6.35. The van der Waals surface area contributed by atoms with Gasteiger partial charge in [-0.25, -0.2) is 4.98 Å². The van der Waals surface area contributed by atoms with Crippen molar-refractivity contribution in [3.8, 4) is 17.8 Å². The van der Waals surface area contributed by atoms with E-state index in [1.165, 1.54) is 6.20 Å². The summed E-state index contributed by atoms with van der Waals surface area (Å²) in [6, 6.07) is 8.87. The molecule has 0 aliphatic carbocycles. The zero-order valence-corrected chi connectivity index (χ0v) is 10.5. The van der Waals surface area contributed by atoms with Crippen LogP contribution in [0.4, 0.5) is 5.69 Å². The molecule has 1 N–H and O–H groups in total. The molecule has 0 fully saturated rings. The third-order valence-electron chi connectivity index (χ3n) is 2.36. The minimum Gasteiger partial charge on any atom is -0.358 e. The maximum absolute atomic E-state index is 8.69. The molecular weight excluding hydrogens is 262 g/mol. The standard InChI is InChI=1S/C13H8ClN5/c14-11-2-1-3-12(18-8-10(6-15)7-16)13(11)19-5-4-17-9-19/h1-5,8-9,18H. The van der Waals surface area contributed by atoms with E-state index < -0.39 is 0 Å². The van der Waals surface area contributed by atoms with Crippen LogP contribution in [-0.4, -0.2) is 9.55 Å². The van der Waals surface area contributed by atoms with Gasteiger partial charge in [0.15, 0.2) is 0 Å². The zero-order chi connectivity index (χ0) is 13.7. The first-order valence-electron chi connectivity index (χ1n) is 5.30. The first kappa shape index (κ1) is 12.7. The van der Waals surface area contributed by atoms with E-state index in [1.54, 1.807) is 53.6 Å². The fraction of sp³-hybridized carbons (Fsp3) is 0. The Kier molecular flexibility index (Phi) is 3.82. The fourth-order valence-electron chi connectivity index (χ4n) is 1.53. The number of allylic oxidation sites excluding steroid dienone is 1. The molecule has 0 spiro atoms. The quantitative estimate of drug-likeness (QED) is 0.869. The maximum Gasteiger partial charge on any atom is 0.145 e. The maximum atomic E-state index is 8.69. The van der Waals surface area contributed by atoms with Gasteiger partial charge >= 0.3 is 0 Å². The van der Waals surface area contributed by atoms with Crippen LogP contribution in [0.2, 0.25) is 5.02 Å². The topological polar surface area (TPSA) is 77.4 Å². The van der Waals surface area contributed by atoms with Crippen LogP contribution < -0.4 is 5.32 Å². The van der Waals surface area contributed by atoms with Crippen molar-refractivity contribution in [2.45, 2.75) is 0 Å². The lowest BCUT2D eigenvalue weighted by atomic mass is 10.2. The lowest BCUT2D eigenvalue weighted by Crippen LogP contribution is -1.99. The normalized spacial score (nSPS) is 9.21. The summed E-state index contributed by atoms with van der Waals surface area (Å²) in [5.41, 5.74) is 1.36. The second-order valence-corrected chi connectivity index (χ2v) is 3.94. The molecule has 5 nitrogen and oxygen atoms in total. The number of benzene rings is 1. The minimum atomic E-state index is -0.0171. The molecule has 0 unspecified atom stereocenters. The van der Waals surface area contributed by atoms with E-state index in [1.807, 2.05) is 0 Å². The average molecular weight is 270 g/mol. The predicted octanol–water partition coefficient (Wildman–Crippen LogP) is 2.87. The molecule has 0 atom stereocenters. The number of aromatic nitrogens is 2. The van der Waals surface area contributed by atoms with Crippen LogP contribution in [-0.2, 0) is 0 Å². The van der Waals surface area contributed by atoms with E-state index >= 15 is 0 Å². The van der Waals surface area contributed by atoms with Crippen molar-refractivity contribution in [3.63, 3.8) is 0 Å². The van der Waals surface area contributed by atoms with Crippen LogP contribution in [0, 0.1) is 22.7 Å². The van der Waals surface area contributed by atoms with E-state index in [9.17, 15) is 0 Å². The molecule has 0 aliphatic rings. The highest BCUT2D eigenvalue weighted by atomic mass is 35.5. The number of nitriles is 2. The first-order valence-corrected chi connectivity index (χ1v) is 5.68. The van der Waals surface area contributed by atoms with Crippen molar-refractivity contribution in [1.82, 2.24) is 9.55 Å². The van der Waals surface area contributed by atoms with Crippen molar-refractivity contribution in [2.24, 2.45) is 0 Å². The molecule has 2 rings (SSSR count). The van der Waals surface area contributed by atoms with Crippen LogP contribution in [0.25, 0.3) is 5.69 Å². The largest absolute Gasteiger partial charge is 0.358 e. The van der Waals surface area contributed by atoms with Crippen LogP contribution in [0.15, 0.2) is 48.7 Å². The molecule has 0 radical (unpaired) electrons. The van der Waals surface area contributed by atoms with Gasteiger partial charge in [0.05, 0.1) is 22.7 Å². The molecular formula is C13H8ClN5. The highest BCUT2D eigenvalue weighted by Gasteiger charge is 2.08. The number of para-hydroxylation sites is 1. The zero-order valence-electron chi connectivity index (χ0n) is 9.71. The molecule has 1 aromatic heterocycles. The van der Waals surface area contributed by atoms with Gasteiger partial charge in [-0.1, -0.05) is 17.7 Å². The van der Waals surface area contributed by atoms with Crippen LogP contribution >= 0.6 is 11.6 Å². The monoisotopic (exact) mass is 269 g/mol. The minimum absolute atomic E-state index is 0.0171. The highest BCUT2D eigenvalue weighted by Crippen LogP contribution is 2.28. The molecule has 0 saturated carbocycles. The van der Waals surface area contributed by atoms with E-state index in [0.29, 0.717) is 16.4 Å². The molecule has 1 heterocycles. The molecule has 2 aromatic rings. The molecule has 0 bridgehead atoms. The SMILES string of the molecule is N#CC(C#N)=CNc1cccc(Cl)c1-n1ccnc1. The van der Waals surface area contributed by atoms with Crippen molar-refractivity contribution in [1.29, 1.82) is 10.5 Å². The van der Waals surface area contributed by atoms with Crippen molar-refractivity contribution < 1.29 is 0 Å². The van der Waals surface area contributed by atoms with Gasteiger partial charge < -0.3 is 9.88 Å². The van der Waals surface area contributed by atoms with Crippen LogP contribution in [0.5, 0.6) is 0 Å². The Morgan fingerprint density at radius 3 is 2.79 bits per heavy atom. The van der Waals surface area contributed by atoms with Gasteiger partial charge in [0.2, 0.25) is 0 Å². The number of imidazole rings is 1. The van der Waals surface area contributed by atoms with E-state index in [-0.39, 0.29) is 5.57 Å². The smallest absolute Gasteiger partial charge is 0.145 e. The lowest BCUT2D eigenvalue weighted by molar-refractivity contribution is 1.06. The van der Waals surface area contributed by atoms with Crippen molar-refractivity contribution >= 4 is 17.3 Å². The van der Waals surface area contributed by atoms with Gasteiger partial charge in [-0.2, -0.15) is 10.5 Å². The van der Waals surface area contributed by atoms with Gasteiger partial charge in [-0.15, -0.1) is 0 Å². The highest BCUT2D eigenvalue weighted by molar-refractivity contribution is 6.33. The van der Waals surface area contributed by atoms with Crippen LogP contribution in [0.1, 0.15) is 0 Å². The van der Waals surface area contributed by atoms with Crippen molar-refractivity contribution in [3.05, 3.63) is 53.7 Å². The third-order valence-corrected chi connectivity index (χ3v) is 2.67. The Hall–Kier alpha value is -2.76. The molecule has 92 valence electrons. The molecule has 0 saturated heterocycles. The number of anilines is 1. The fourth-order valence-corrected chi connectivity index (χ4v) is 1.80. The molecule has 19 heavy (non-hydrogen) atoms. The van der Waals surface area contributed by atoms with Gasteiger partial charge in [-0.05, 0) is 12.1 Å². The molecule has 0 amide bonds. The summed E-state index contributed by atoms with van der Waals surface area (Å²) in [6.45, 7) is 0. The molecule has 6 heteroatoms. The Morgan fingerprint density at radius 2 is 2.16 bits per heavy atom. The van der Waals surface area contributed by atoms with E-state index in [0.717, 1.165) is 0 Å². The average Bonchev–Trinajstić information content (AvgIpc) is 2.93. The number of nitrogens with one attached hydrogen (secondary N) is 1. The van der Waals surface area contributed by atoms with Gasteiger partial charge in [-0.3, -0.25) is 0 Å². The van der Waals surface area contributed by atoms with Crippen molar-refractivity contribution in [2.75, 3.05) is 5.32 Å². The van der Waals surface area contributed by atoms with Gasteiger partial charge in [0, 0.05) is 18.6 Å². The number of halogens is 1. The van der Waals surface area contributed by atoms with E-state index in [2.05, 4.69) is 10.3 Å². The summed E-state index contributed by atoms with van der Waals surface area (Å²) in [5.74, 6) is 0. The van der Waals surface area contributed by atoms with Gasteiger partial charge in [0.1, 0.15) is 17.7 Å². The lowest BCUT2D eigenvalue weighted by Gasteiger charge is -2.11. The Labute approximate surface area is 115 Å². The summed E-state index contributed by atoms with van der Waals surface area (Å²) >= 11 is 6.16.